The van der Waals surface area contributed by atoms with Crippen molar-refractivity contribution in [1.82, 2.24) is 10.9 Å². The summed E-state index contributed by atoms with van der Waals surface area (Å²) in [5.41, 5.74) is 6.79. The van der Waals surface area contributed by atoms with Crippen molar-refractivity contribution in [2.45, 2.75) is 19.3 Å². The highest BCUT2D eigenvalue weighted by Crippen LogP contribution is 2.25. The van der Waals surface area contributed by atoms with Crippen molar-refractivity contribution >= 4 is 11.8 Å². The van der Waals surface area contributed by atoms with Gasteiger partial charge in [-0.2, -0.15) is 0 Å². The molecule has 0 saturated heterocycles. The van der Waals surface area contributed by atoms with E-state index in [1.807, 2.05) is 18.2 Å². The van der Waals surface area contributed by atoms with Gasteiger partial charge in [0.05, 0.1) is 5.56 Å². The first-order valence-electron chi connectivity index (χ1n) is 7.72. The summed E-state index contributed by atoms with van der Waals surface area (Å²) in [4.78, 5) is 23.5. The van der Waals surface area contributed by atoms with E-state index >= 15 is 0 Å². The third-order valence-corrected chi connectivity index (χ3v) is 3.87. The molecule has 3 rings (SSSR count). The molecule has 0 radical (unpaired) electrons. The van der Waals surface area contributed by atoms with Crippen LogP contribution >= 0.6 is 0 Å². The van der Waals surface area contributed by atoms with Crippen LogP contribution in [0, 0.1) is 5.82 Å². The normalized spacial score (nSPS) is 12.4. The number of hydrogen-bond acceptors (Lipinski definition) is 3. The Morgan fingerprint density at radius 2 is 1.83 bits per heavy atom. The highest BCUT2D eigenvalue weighted by Gasteiger charge is 2.13. The standard InChI is InChI=1S/C18H17FN2O3/c19-16-7-2-1-6-15(16)18(23)21-20-17(22)11-24-14-9-8-12-4-3-5-13(12)10-14/h1-2,6-10H,3-5,11H2,(H,20,22)(H,21,23). The largest absolute Gasteiger partial charge is 0.484 e. The highest BCUT2D eigenvalue weighted by atomic mass is 19.1. The number of carbonyl (C=O) groups is 2. The van der Waals surface area contributed by atoms with Gasteiger partial charge < -0.3 is 4.74 Å². The molecule has 2 N–H and O–H groups in total. The number of hydrogen-bond donors (Lipinski definition) is 2. The van der Waals surface area contributed by atoms with Gasteiger partial charge in [0.15, 0.2) is 6.61 Å². The Kier molecular flexibility index (Phi) is 4.74. The van der Waals surface area contributed by atoms with Crippen LogP contribution in [0.3, 0.4) is 0 Å². The number of nitrogens with one attached hydrogen (secondary N) is 2. The number of amides is 2. The second-order valence-corrected chi connectivity index (χ2v) is 5.55. The molecule has 0 heterocycles. The van der Waals surface area contributed by atoms with Crippen LogP contribution in [-0.4, -0.2) is 18.4 Å². The molecule has 124 valence electrons. The summed E-state index contributed by atoms with van der Waals surface area (Å²) in [6.45, 7) is -0.240. The van der Waals surface area contributed by atoms with Crippen LogP contribution in [0.2, 0.25) is 0 Å². The van der Waals surface area contributed by atoms with Gasteiger partial charge in [0, 0.05) is 0 Å². The van der Waals surface area contributed by atoms with Gasteiger partial charge in [-0.15, -0.1) is 0 Å². The fourth-order valence-corrected chi connectivity index (χ4v) is 2.66. The summed E-state index contributed by atoms with van der Waals surface area (Å²) < 4.78 is 18.9. The SMILES string of the molecule is O=C(COc1ccc2c(c1)CCC2)NNC(=O)c1ccccc1F. The van der Waals surface area contributed by atoms with E-state index in [0.717, 1.165) is 19.3 Å². The zero-order chi connectivity index (χ0) is 16.9. The number of carbonyl (C=O) groups excluding carboxylic acids is 2. The highest BCUT2D eigenvalue weighted by molar-refractivity contribution is 5.95. The first-order chi connectivity index (χ1) is 11.6. The van der Waals surface area contributed by atoms with E-state index in [-0.39, 0.29) is 12.2 Å². The van der Waals surface area contributed by atoms with Gasteiger partial charge in [0.1, 0.15) is 11.6 Å². The summed E-state index contributed by atoms with van der Waals surface area (Å²) >= 11 is 0. The lowest BCUT2D eigenvalue weighted by molar-refractivity contribution is -0.123. The van der Waals surface area contributed by atoms with Crippen molar-refractivity contribution in [1.29, 1.82) is 0 Å². The maximum absolute atomic E-state index is 13.4. The van der Waals surface area contributed by atoms with E-state index in [1.54, 1.807) is 0 Å². The Morgan fingerprint density at radius 1 is 1.04 bits per heavy atom. The number of benzene rings is 2. The quantitative estimate of drug-likeness (QED) is 0.845. The molecule has 5 nitrogen and oxygen atoms in total. The number of fused-ring (bicyclic) bond motifs is 1. The minimum atomic E-state index is -0.723. The van der Waals surface area contributed by atoms with Gasteiger partial charge in [0.25, 0.3) is 11.8 Å². The molecule has 0 spiro atoms. The molecule has 2 amide bonds. The predicted molar refractivity (Wildman–Crippen MR) is 86.0 cm³/mol. The molecule has 0 fully saturated rings. The number of aryl methyl sites for hydroxylation is 2. The summed E-state index contributed by atoms with van der Waals surface area (Å²) in [7, 11) is 0. The maximum atomic E-state index is 13.4. The van der Waals surface area contributed by atoms with E-state index in [9.17, 15) is 14.0 Å². The van der Waals surface area contributed by atoms with Gasteiger partial charge >= 0.3 is 0 Å². The summed E-state index contributed by atoms with van der Waals surface area (Å²) in [6, 6.07) is 11.3. The minimum absolute atomic E-state index is 0.141. The molecule has 0 aliphatic heterocycles. The smallest absolute Gasteiger partial charge is 0.276 e. The molecule has 0 aromatic heterocycles. The van der Waals surface area contributed by atoms with Crippen LogP contribution in [-0.2, 0) is 17.6 Å². The van der Waals surface area contributed by atoms with Gasteiger partial charge in [-0.25, -0.2) is 4.39 Å². The predicted octanol–water partition coefficient (Wildman–Crippen LogP) is 2.15. The van der Waals surface area contributed by atoms with Crippen LogP contribution in [0.5, 0.6) is 5.75 Å². The second kappa shape index (κ2) is 7.12. The van der Waals surface area contributed by atoms with E-state index in [1.165, 1.54) is 35.4 Å². The van der Waals surface area contributed by atoms with Crippen LogP contribution in [0.15, 0.2) is 42.5 Å². The van der Waals surface area contributed by atoms with Gasteiger partial charge in [-0.05, 0) is 54.7 Å². The van der Waals surface area contributed by atoms with Crippen molar-refractivity contribution < 1.29 is 18.7 Å². The molecular formula is C18H17FN2O3. The number of hydrazine groups is 1. The van der Waals surface area contributed by atoms with Crippen molar-refractivity contribution in [3.63, 3.8) is 0 Å². The molecule has 2 aromatic carbocycles. The average Bonchev–Trinajstić information content (AvgIpc) is 3.06. The Bertz CT molecular complexity index is 777. The van der Waals surface area contributed by atoms with Gasteiger partial charge in [-0.3, -0.25) is 20.4 Å². The van der Waals surface area contributed by atoms with Crippen molar-refractivity contribution in [2.24, 2.45) is 0 Å². The molecule has 0 unspecified atom stereocenters. The Labute approximate surface area is 138 Å². The summed E-state index contributed by atoms with van der Waals surface area (Å²) in [6.07, 6.45) is 3.25. The Hall–Kier alpha value is -2.89. The Morgan fingerprint density at radius 3 is 2.67 bits per heavy atom. The van der Waals surface area contributed by atoms with Crippen molar-refractivity contribution in [2.75, 3.05) is 6.61 Å². The van der Waals surface area contributed by atoms with Crippen LogP contribution in [0.1, 0.15) is 27.9 Å². The first-order valence-corrected chi connectivity index (χ1v) is 7.72. The van der Waals surface area contributed by atoms with E-state index in [4.69, 9.17) is 4.74 Å². The third kappa shape index (κ3) is 3.71. The van der Waals surface area contributed by atoms with Crippen molar-refractivity contribution in [3.8, 4) is 5.75 Å². The first kappa shape index (κ1) is 16.0. The average molecular weight is 328 g/mol. The number of ether oxygens (including phenoxy) is 1. The van der Waals surface area contributed by atoms with Gasteiger partial charge in [-0.1, -0.05) is 18.2 Å². The van der Waals surface area contributed by atoms with Crippen LogP contribution in [0.25, 0.3) is 0 Å². The lowest BCUT2D eigenvalue weighted by Gasteiger charge is -2.10. The second-order valence-electron chi connectivity index (χ2n) is 5.55. The molecule has 0 saturated carbocycles. The fraction of sp³-hybridized carbons (Fsp3) is 0.222. The van der Waals surface area contributed by atoms with E-state index in [0.29, 0.717) is 5.75 Å². The minimum Gasteiger partial charge on any atom is -0.484 e. The molecule has 1 aliphatic carbocycles. The number of rotatable bonds is 4. The third-order valence-electron chi connectivity index (χ3n) is 3.87. The van der Waals surface area contributed by atoms with Crippen LogP contribution in [0.4, 0.5) is 4.39 Å². The summed E-state index contributed by atoms with van der Waals surface area (Å²) in [5, 5.41) is 0. The van der Waals surface area contributed by atoms with Crippen molar-refractivity contribution in [3.05, 3.63) is 65.0 Å². The summed E-state index contributed by atoms with van der Waals surface area (Å²) in [5.74, 6) is -1.29. The molecule has 2 aromatic rings. The molecule has 1 aliphatic rings. The maximum Gasteiger partial charge on any atom is 0.276 e. The molecular weight excluding hydrogens is 311 g/mol. The van der Waals surface area contributed by atoms with E-state index < -0.39 is 17.6 Å². The topological polar surface area (TPSA) is 67.4 Å². The molecule has 6 heteroatoms. The number of halogens is 1. The molecule has 24 heavy (non-hydrogen) atoms. The zero-order valence-electron chi connectivity index (χ0n) is 13.0. The fourth-order valence-electron chi connectivity index (χ4n) is 2.66. The van der Waals surface area contributed by atoms with E-state index in [2.05, 4.69) is 10.9 Å². The Balaban J connectivity index is 1.48. The molecule has 0 bridgehead atoms. The van der Waals surface area contributed by atoms with Gasteiger partial charge in [0.2, 0.25) is 0 Å². The lowest BCUT2D eigenvalue weighted by atomic mass is 10.1. The zero-order valence-corrected chi connectivity index (χ0v) is 13.0. The monoisotopic (exact) mass is 328 g/mol. The molecule has 0 atom stereocenters. The lowest BCUT2D eigenvalue weighted by Crippen LogP contribution is -2.44. The van der Waals surface area contributed by atoms with Crippen LogP contribution < -0.4 is 15.6 Å².